The van der Waals surface area contributed by atoms with Crippen LogP contribution in [0.5, 0.6) is 0 Å². The van der Waals surface area contributed by atoms with Gasteiger partial charge >= 0.3 is 11.9 Å². The topological polar surface area (TPSA) is 69.7 Å². The van der Waals surface area contributed by atoms with Crippen LogP contribution < -0.4 is 0 Å². The van der Waals surface area contributed by atoms with Crippen molar-refractivity contribution in [3.8, 4) is 0 Å². The average molecular weight is 587 g/mol. The molecule has 5 heteroatoms. The summed E-state index contributed by atoms with van der Waals surface area (Å²) in [6, 6.07) is 0. The molecule has 0 atom stereocenters. The van der Waals surface area contributed by atoms with Crippen LogP contribution in [-0.2, 0) is 23.9 Å². The molecule has 6 aliphatic carbocycles. The van der Waals surface area contributed by atoms with Gasteiger partial charge in [-0.1, -0.05) is 38.5 Å². The molecule has 0 spiro atoms. The van der Waals surface area contributed by atoms with Gasteiger partial charge in [0.1, 0.15) is 5.78 Å². The Labute approximate surface area is 257 Å². The van der Waals surface area contributed by atoms with E-state index in [4.69, 9.17) is 9.47 Å². The van der Waals surface area contributed by atoms with Crippen molar-refractivity contribution in [2.24, 2.45) is 22.7 Å². The Bertz CT molecular complexity index is 724. The molecule has 240 valence electrons. The average Bonchev–Trinajstić information content (AvgIpc) is 3.01. The molecule has 6 aliphatic rings. The van der Waals surface area contributed by atoms with E-state index in [9.17, 15) is 14.4 Å². The summed E-state index contributed by atoms with van der Waals surface area (Å²) >= 11 is 0. The lowest BCUT2D eigenvalue weighted by molar-refractivity contribution is -0.146. The van der Waals surface area contributed by atoms with Crippen LogP contribution in [0.1, 0.15) is 180 Å². The summed E-state index contributed by atoms with van der Waals surface area (Å²) in [4.78, 5) is 36.4. The van der Waals surface area contributed by atoms with E-state index in [2.05, 4.69) is 0 Å². The van der Waals surface area contributed by atoms with Gasteiger partial charge in [-0.3, -0.25) is 14.4 Å². The number of rotatable bonds is 22. The first kappa shape index (κ1) is 33.5. The van der Waals surface area contributed by atoms with Crippen LogP contribution in [-0.4, -0.2) is 30.9 Å². The summed E-state index contributed by atoms with van der Waals surface area (Å²) in [5, 5.41) is 0. The van der Waals surface area contributed by atoms with Gasteiger partial charge in [-0.15, -0.1) is 0 Å². The number of Topliss-reactive ketones (excluding diaryl/α,β-unsaturated/α-hetero) is 1. The Kier molecular flexibility index (Phi) is 14.2. The third-order valence-electron chi connectivity index (χ3n) is 12.0. The van der Waals surface area contributed by atoms with Crippen molar-refractivity contribution < 1.29 is 23.9 Å². The molecule has 0 aromatic heterocycles. The Morgan fingerprint density at radius 1 is 0.452 bits per heavy atom. The van der Waals surface area contributed by atoms with E-state index < -0.39 is 0 Å². The van der Waals surface area contributed by atoms with Crippen LogP contribution in [0.3, 0.4) is 0 Å². The Hall–Kier alpha value is -1.39. The molecular formula is C37H62O5. The monoisotopic (exact) mass is 586 g/mol. The lowest BCUT2D eigenvalue weighted by Gasteiger charge is -2.46. The van der Waals surface area contributed by atoms with Crippen LogP contribution in [0.15, 0.2) is 0 Å². The van der Waals surface area contributed by atoms with Gasteiger partial charge in [-0.2, -0.15) is 0 Å². The van der Waals surface area contributed by atoms with Crippen molar-refractivity contribution in [2.45, 2.75) is 180 Å². The molecule has 42 heavy (non-hydrogen) atoms. The Balaban J connectivity index is 0.863. The third-order valence-corrected chi connectivity index (χ3v) is 12.0. The van der Waals surface area contributed by atoms with Crippen LogP contribution in [0.4, 0.5) is 0 Å². The minimum absolute atomic E-state index is 0.0258. The SMILES string of the molecule is O=C(CCCCCCCC(=O)OCCC12CCC(CC1)CC2)CCCCCCCC(=O)OCCC12CCC(CC1)CC2. The molecule has 0 aromatic carbocycles. The molecule has 0 heterocycles. The molecule has 4 bridgehead atoms. The molecule has 6 rings (SSSR count). The van der Waals surface area contributed by atoms with Gasteiger partial charge in [0, 0.05) is 25.7 Å². The van der Waals surface area contributed by atoms with Crippen LogP contribution in [0, 0.1) is 22.7 Å². The van der Waals surface area contributed by atoms with Crippen molar-refractivity contribution in [1.29, 1.82) is 0 Å². The lowest BCUT2D eigenvalue weighted by Crippen LogP contribution is -2.35. The minimum Gasteiger partial charge on any atom is -0.466 e. The molecule has 0 N–H and O–H groups in total. The lowest BCUT2D eigenvalue weighted by atomic mass is 9.59. The molecule has 0 saturated heterocycles. The number of fused-ring (bicyclic) bond motifs is 6. The Morgan fingerprint density at radius 2 is 0.762 bits per heavy atom. The number of ketones is 1. The summed E-state index contributed by atoms with van der Waals surface area (Å²) in [5.74, 6) is 2.30. The van der Waals surface area contributed by atoms with Crippen molar-refractivity contribution in [3.63, 3.8) is 0 Å². The predicted octanol–water partition coefficient (Wildman–Crippen LogP) is 9.82. The standard InChI is InChI=1S/C37H62O5/c38-33(11-7-3-1-5-9-13-34(39)41-29-27-36-21-15-31(16-22-36)17-23-36)12-8-4-2-6-10-14-35(40)42-30-28-37-24-18-32(19-25-37)20-26-37/h31-32H,1-30H2. The third kappa shape index (κ3) is 11.6. The zero-order valence-electron chi connectivity index (χ0n) is 26.9. The minimum atomic E-state index is -0.0258. The van der Waals surface area contributed by atoms with Crippen LogP contribution in [0.25, 0.3) is 0 Å². The summed E-state index contributed by atoms with van der Waals surface area (Å²) in [6.07, 6.45) is 31.2. The number of unbranched alkanes of at least 4 members (excludes halogenated alkanes) is 8. The molecule has 0 aliphatic heterocycles. The van der Waals surface area contributed by atoms with Gasteiger partial charge in [0.15, 0.2) is 0 Å². The van der Waals surface area contributed by atoms with E-state index in [-0.39, 0.29) is 11.9 Å². The van der Waals surface area contributed by atoms with Gasteiger partial charge in [0.05, 0.1) is 13.2 Å². The summed E-state index contributed by atoms with van der Waals surface area (Å²) < 4.78 is 11.1. The van der Waals surface area contributed by atoms with Gasteiger partial charge in [0.2, 0.25) is 0 Å². The highest BCUT2D eigenvalue weighted by Crippen LogP contribution is 2.53. The summed E-state index contributed by atoms with van der Waals surface area (Å²) in [5.41, 5.74) is 0.965. The molecule has 0 radical (unpaired) electrons. The van der Waals surface area contributed by atoms with Crippen molar-refractivity contribution in [2.75, 3.05) is 13.2 Å². The molecule has 5 nitrogen and oxygen atoms in total. The fourth-order valence-electron chi connectivity index (χ4n) is 8.70. The number of ether oxygens (including phenoxy) is 2. The van der Waals surface area contributed by atoms with Gasteiger partial charge < -0.3 is 9.47 Å². The van der Waals surface area contributed by atoms with Crippen LogP contribution in [0.2, 0.25) is 0 Å². The first-order chi connectivity index (χ1) is 20.5. The van der Waals surface area contributed by atoms with E-state index in [1.165, 1.54) is 77.0 Å². The van der Waals surface area contributed by atoms with E-state index >= 15 is 0 Å². The second kappa shape index (κ2) is 17.8. The fraction of sp³-hybridized carbons (Fsp3) is 0.919. The number of hydrogen-bond donors (Lipinski definition) is 0. The maximum Gasteiger partial charge on any atom is 0.305 e. The fourth-order valence-corrected chi connectivity index (χ4v) is 8.70. The zero-order chi connectivity index (χ0) is 29.5. The number of esters is 2. The van der Waals surface area contributed by atoms with Crippen molar-refractivity contribution in [3.05, 3.63) is 0 Å². The highest BCUT2D eigenvalue weighted by atomic mass is 16.5. The molecule has 6 saturated carbocycles. The second-order valence-corrected chi connectivity index (χ2v) is 15.0. The molecular weight excluding hydrogens is 524 g/mol. The smallest absolute Gasteiger partial charge is 0.305 e. The van der Waals surface area contributed by atoms with Crippen molar-refractivity contribution in [1.82, 2.24) is 0 Å². The largest absolute Gasteiger partial charge is 0.466 e. The number of hydrogen-bond acceptors (Lipinski definition) is 5. The van der Waals surface area contributed by atoms with E-state index in [1.54, 1.807) is 0 Å². The van der Waals surface area contributed by atoms with Gasteiger partial charge in [-0.25, -0.2) is 0 Å². The van der Waals surface area contributed by atoms with E-state index in [0.29, 0.717) is 55.5 Å². The maximum atomic E-state index is 12.2. The normalized spacial score (nSPS) is 28.1. The first-order valence-electron chi connectivity index (χ1n) is 18.3. The van der Waals surface area contributed by atoms with Crippen molar-refractivity contribution >= 4 is 17.7 Å². The summed E-state index contributed by atoms with van der Waals surface area (Å²) in [7, 11) is 0. The maximum absolute atomic E-state index is 12.2. The van der Waals surface area contributed by atoms with Gasteiger partial charge in [-0.05, 0) is 138 Å². The highest BCUT2D eigenvalue weighted by Gasteiger charge is 2.41. The second-order valence-electron chi connectivity index (χ2n) is 15.0. The van der Waals surface area contributed by atoms with Gasteiger partial charge in [0.25, 0.3) is 0 Å². The predicted molar refractivity (Wildman–Crippen MR) is 168 cm³/mol. The van der Waals surface area contributed by atoms with Crippen LogP contribution >= 0.6 is 0 Å². The Morgan fingerprint density at radius 3 is 1.12 bits per heavy atom. The molecule has 0 aromatic rings. The molecule has 0 unspecified atom stereocenters. The number of carbonyl (C=O) groups excluding carboxylic acids is 3. The van der Waals surface area contributed by atoms with E-state index in [1.807, 2.05) is 0 Å². The highest BCUT2D eigenvalue weighted by molar-refractivity contribution is 5.78. The zero-order valence-corrected chi connectivity index (χ0v) is 26.9. The first-order valence-corrected chi connectivity index (χ1v) is 18.3. The summed E-state index contributed by atoms with van der Waals surface area (Å²) in [6.45, 7) is 1.22. The number of carbonyl (C=O) groups is 3. The molecule has 0 amide bonds. The molecule has 6 fully saturated rings. The van der Waals surface area contributed by atoms with E-state index in [0.717, 1.165) is 88.9 Å². The quantitative estimate of drug-likeness (QED) is 0.0932.